The first-order valence-corrected chi connectivity index (χ1v) is 5.59. The van der Waals surface area contributed by atoms with Crippen molar-refractivity contribution in [1.29, 1.82) is 0 Å². The fourth-order valence-electron chi connectivity index (χ4n) is 1.88. The Morgan fingerprint density at radius 2 is 2.26 bits per heavy atom. The lowest BCUT2D eigenvalue weighted by molar-refractivity contribution is -0.0549. The summed E-state index contributed by atoms with van der Waals surface area (Å²) in [7, 11) is 1.37. The van der Waals surface area contributed by atoms with E-state index in [0.29, 0.717) is 0 Å². The van der Waals surface area contributed by atoms with Crippen LogP contribution in [0.3, 0.4) is 0 Å². The van der Waals surface area contributed by atoms with Gasteiger partial charge in [-0.15, -0.1) is 0 Å². The van der Waals surface area contributed by atoms with Crippen LogP contribution in [0.2, 0.25) is 0 Å². The number of nitrogens with zero attached hydrogens (tertiary/aromatic N) is 2. The third kappa shape index (κ3) is 2.60. The van der Waals surface area contributed by atoms with Crippen molar-refractivity contribution in [2.24, 2.45) is 0 Å². The lowest BCUT2D eigenvalue weighted by Gasteiger charge is -2.17. The maximum atomic E-state index is 11.8. The van der Waals surface area contributed by atoms with Crippen molar-refractivity contribution in [2.45, 2.75) is 24.5 Å². The van der Waals surface area contributed by atoms with Gasteiger partial charge in [0.15, 0.2) is 12.0 Å². The van der Waals surface area contributed by atoms with Gasteiger partial charge in [0.1, 0.15) is 18.3 Å². The van der Waals surface area contributed by atoms with Crippen LogP contribution in [0.4, 0.5) is 5.82 Å². The number of aromatic nitrogens is 2. The van der Waals surface area contributed by atoms with Crippen LogP contribution in [0.1, 0.15) is 6.23 Å². The summed E-state index contributed by atoms with van der Waals surface area (Å²) >= 11 is 0. The van der Waals surface area contributed by atoms with Crippen LogP contribution in [0.25, 0.3) is 0 Å². The molecule has 4 atom stereocenters. The zero-order valence-corrected chi connectivity index (χ0v) is 10.1. The molecule has 1 aliphatic heterocycles. The van der Waals surface area contributed by atoms with E-state index in [2.05, 4.69) is 15.3 Å². The van der Waals surface area contributed by atoms with Crippen molar-refractivity contribution < 1.29 is 24.9 Å². The minimum absolute atomic E-state index is 0.204. The van der Waals surface area contributed by atoms with Gasteiger partial charge in [-0.1, -0.05) is 0 Å². The molecular formula is C10H15N3O6. The van der Waals surface area contributed by atoms with Gasteiger partial charge in [-0.25, -0.2) is 10.3 Å². The molecule has 106 valence electrons. The van der Waals surface area contributed by atoms with Crippen LogP contribution in [0.15, 0.2) is 17.1 Å². The zero-order valence-electron chi connectivity index (χ0n) is 10.1. The van der Waals surface area contributed by atoms with E-state index in [9.17, 15) is 15.0 Å². The Balaban J connectivity index is 2.25. The molecular weight excluding hydrogens is 258 g/mol. The highest BCUT2D eigenvalue weighted by atomic mass is 16.6. The first-order valence-electron chi connectivity index (χ1n) is 5.59. The molecule has 0 bridgehead atoms. The molecule has 19 heavy (non-hydrogen) atoms. The van der Waals surface area contributed by atoms with Crippen molar-refractivity contribution in [3.05, 3.63) is 22.7 Å². The van der Waals surface area contributed by atoms with E-state index >= 15 is 0 Å². The van der Waals surface area contributed by atoms with Gasteiger partial charge in [0.05, 0.1) is 13.7 Å². The monoisotopic (exact) mass is 273 g/mol. The Kier molecular flexibility index (Phi) is 4.12. The second-order valence-electron chi connectivity index (χ2n) is 4.04. The summed E-state index contributed by atoms with van der Waals surface area (Å²) in [5.74, 6) is 0.204. The zero-order chi connectivity index (χ0) is 14.0. The van der Waals surface area contributed by atoms with E-state index < -0.39 is 36.8 Å². The number of nitrogens with one attached hydrogen (secondary N) is 1. The maximum absolute atomic E-state index is 11.8. The SMILES string of the molecule is CONc1ccn([C@@H]2O[C@H](CO)C(O)C2O)c(=O)n1. The summed E-state index contributed by atoms with van der Waals surface area (Å²) in [6.07, 6.45) is -3.28. The molecule has 9 nitrogen and oxygen atoms in total. The number of hydrogen-bond acceptors (Lipinski definition) is 8. The highest BCUT2D eigenvalue weighted by Crippen LogP contribution is 2.27. The third-order valence-corrected chi connectivity index (χ3v) is 2.83. The maximum Gasteiger partial charge on any atom is 0.351 e. The van der Waals surface area contributed by atoms with Crippen LogP contribution in [-0.4, -0.2) is 56.9 Å². The predicted octanol–water partition coefficient (Wildman–Crippen LogP) is -2.17. The molecule has 0 saturated carbocycles. The molecule has 1 saturated heterocycles. The van der Waals surface area contributed by atoms with Gasteiger partial charge in [0, 0.05) is 6.20 Å². The van der Waals surface area contributed by atoms with E-state index in [1.54, 1.807) is 0 Å². The van der Waals surface area contributed by atoms with Crippen LogP contribution < -0.4 is 11.2 Å². The number of aliphatic hydroxyl groups is 3. The number of anilines is 1. The van der Waals surface area contributed by atoms with E-state index in [-0.39, 0.29) is 5.82 Å². The van der Waals surface area contributed by atoms with Gasteiger partial charge in [-0.05, 0) is 6.07 Å². The van der Waals surface area contributed by atoms with E-state index in [1.807, 2.05) is 0 Å². The Morgan fingerprint density at radius 3 is 2.79 bits per heavy atom. The standard InChI is InChI=1S/C10H15N3O6/c1-18-12-6-2-3-13(10(17)11-6)9-8(16)7(15)5(4-14)19-9/h2-3,5,7-9,14-16H,4H2,1H3,(H,11,12,17)/t5-,7?,8?,9-/m1/s1. The molecule has 1 aliphatic rings. The van der Waals surface area contributed by atoms with Gasteiger partial charge in [0.25, 0.3) is 0 Å². The number of hydrogen-bond donors (Lipinski definition) is 4. The lowest BCUT2D eigenvalue weighted by Crippen LogP contribution is -2.36. The number of ether oxygens (including phenoxy) is 1. The predicted molar refractivity (Wildman–Crippen MR) is 62.1 cm³/mol. The second-order valence-corrected chi connectivity index (χ2v) is 4.04. The molecule has 1 fully saturated rings. The summed E-state index contributed by atoms with van der Waals surface area (Å²) in [5, 5.41) is 28.4. The molecule has 0 radical (unpaired) electrons. The topological polar surface area (TPSA) is 126 Å². The van der Waals surface area contributed by atoms with Crippen LogP contribution in [0.5, 0.6) is 0 Å². The molecule has 4 N–H and O–H groups in total. The smallest absolute Gasteiger partial charge is 0.351 e. The minimum atomic E-state index is -1.32. The highest BCUT2D eigenvalue weighted by Gasteiger charge is 2.43. The summed E-state index contributed by atoms with van der Waals surface area (Å²) in [6, 6.07) is 1.44. The molecule has 0 amide bonds. The fourth-order valence-corrected chi connectivity index (χ4v) is 1.88. The Hall–Kier alpha value is -1.52. The van der Waals surface area contributed by atoms with Crippen molar-refractivity contribution in [3.8, 4) is 0 Å². The van der Waals surface area contributed by atoms with Crippen molar-refractivity contribution in [3.63, 3.8) is 0 Å². The van der Waals surface area contributed by atoms with E-state index in [1.165, 1.54) is 19.4 Å². The van der Waals surface area contributed by atoms with Gasteiger partial charge >= 0.3 is 5.69 Å². The van der Waals surface area contributed by atoms with Gasteiger partial charge in [-0.3, -0.25) is 9.40 Å². The first kappa shape index (κ1) is 13.9. The average Bonchev–Trinajstić information content (AvgIpc) is 2.67. The van der Waals surface area contributed by atoms with Crippen molar-refractivity contribution in [2.75, 3.05) is 19.2 Å². The Labute approximate surface area is 108 Å². The Morgan fingerprint density at radius 1 is 1.53 bits per heavy atom. The molecule has 2 unspecified atom stereocenters. The lowest BCUT2D eigenvalue weighted by atomic mass is 10.1. The fraction of sp³-hybridized carbons (Fsp3) is 0.600. The third-order valence-electron chi connectivity index (χ3n) is 2.83. The molecule has 1 aromatic heterocycles. The van der Waals surface area contributed by atoms with Crippen molar-refractivity contribution in [1.82, 2.24) is 9.55 Å². The summed E-state index contributed by atoms with van der Waals surface area (Å²) in [5.41, 5.74) is 1.71. The van der Waals surface area contributed by atoms with Crippen molar-refractivity contribution >= 4 is 5.82 Å². The highest BCUT2D eigenvalue weighted by molar-refractivity contribution is 5.28. The minimum Gasteiger partial charge on any atom is -0.394 e. The van der Waals surface area contributed by atoms with E-state index in [0.717, 1.165) is 4.57 Å². The average molecular weight is 273 g/mol. The van der Waals surface area contributed by atoms with Crippen LogP contribution in [-0.2, 0) is 9.57 Å². The van der Waals surface area contributed by atoms with Gasteiger partial charge < -0.3 is 20.1 Å². The molecule has 0 spiro atoms. The molecule has 9 heteroatoms. The largest absolute Gasteiger partial charge is 0.394 e. The normalized spacial score (nSPS) is 30.5. The summed E-state index contributed by atoms with van der Waals surface area (Å²) < 4.78 is 6.26. The second kappa shape index (κ2) is 5.63. The molecule has 0 aromatic carbocycles. The molecule has 2 rings (SSSR count). The Bertz CT molecular complexity index is 492. The van der Waals surface area contributed by atoms with E-state index in [4.69, 9.17) is 9.84 Å². The van der Waals surface area contributed by atoms with Gasteiger partial charge in [0.2, 0.25) is 0 Å². The molecule has 2 heterocycles. The molecule has 0 aliphatic carbocycles. The van der Waals surface area contributed by atoms with Crippen LogP contribution in [0, 0.1) is 0 Å². The number of aliphatic hydroxyl groups excluding tert-OH is 3. The van der Waals surface area contributed by atoms with Crippen LogP contribution >= 0.6 is 0 Å². The van der Waals surface area contributed by atoms with Gasteiger partial charge in [-0.2, -0.15) is 4.98 Å². The molecule has 1 aromatic rings. The first-order chi connectivity index (χ1) is 9.08. The quantitative estimate of drug-likeness (QED) is 0.456. The summed E-state index contributed by atoms with van der Waals surface area (Å²) in [6.45, 7) is -0.458. The number of rotatable bonds is 4. The summed E-state index contributed by atoms with van der Waals surface area (Å²) in [4.78, 5) is 20.0.